The normalized spacial score (nSPS) is 10.2. The molecule has 0 radical (unpaired) electrons. The van der Waals surface area contributed by atoms with Crippen LogP contribution in [0.2, 0.25) is 0 Å². The zero-order valence-electron chi connectivity index (χ0n) is 12.4. The van der Waals surface area contributed by atoms with E-state index in [0.29, 0.717) is 18.5 Å². The molecule has 0 spiro atoms. The number of carbonyl (C=O) groups excluding carboxylic acids is 3. The van der Waals surface area contributed by atoms with Crippen LogP contribution in [0.3, 0.4) is 0 Å². The highest BCUT2D eigenvalue weighted by Gasteiger charge is 2.03. The second-order valence-corrected chi connectivity index (χ2v) is 4.23. The van der Waals surface area contributed by atoms with Gasteiger partial charge in [-0.25, -0.2) is 9.59 Å². The highest BCUT2D eigenvalue weighted by Crippen LogP contribution is 1.97. The number of hydrogen-bond acceptors (Lipinski definition) is 5. The average molecular weight is 305 g/mol. The Hall–Kier alpha value is -2.63. The fourth-order valence-electron chi connectivity index (χ4n) is 1.51. The van der Waals surface area contributed by atoms with Crippen molar-refractivity contribution >= 4 is 17.8 Å². The largest absolute Gasteiger partial charge is 0.463 e. The first-order chi connectivity index (χ1) is 10.6. The van der Waals surface area contributed by atoms with Crippen LogP contribution in [0.25, 0.3) is 0 Å². The Morgan fingerprint density at radius 2 is 1.68 bits per heavy atom. The second-order valence-electron chi connectivity index (χ2n) is 4.23. The molecule has 0 bridgehead atoms. The van der Waals surface area contributed by atoms with Gasteiger partial charge in [-0.15, -0.1) is 0 Å². The molecule has 0 unspecified atom stereocenters. The van der Waals surface area contributed by atoms with Crippen molar-refractivity contribution in [3.8, 4) is 0 Å². The van der Waals surface area contributed by atoms with Crippen molar-refractivity contribution in [3.05, 3.63) is 48.0 Å². The first-order valence-corrected chi connectivity index (χ1v) is 6.98. The summed E-state index contributed by atoms with van der Waals surface area (Å²) in [4.78, 5) is 33.9. The Morgan fingerprint density at radius 3 is 2.32 bits per heavy atom. The van der Waals surface area contributed by atoms with Gasteiger partial charge in [0.1, 0.15) is 0 Å². The number of amides is 1. The molecule has 0 aliphatic rings. The number of carbonyl (C=O) groups is 3. The van der Waals surface area contributed by atoms with E-state index >= 15 is 0 Å². The van der Waals surface area contributed by atoms with Crippen LogP contribution in [-0.4, -0.2) is 37.6 Å². The molecule has 1 aromatic carbocycles. The molecule has 0 heterocycles. The van der Waals surface area contributed by atoms with Crippen LogP contribution in [0.5, 0.6) is 0 Å². The summed E-state index contributed by atoms with van der Waals surface area (Å²) in [6.45, 7) is 2.47. The molecule has 22 heavy (non-hydrogen) atoms. The number of benzene rings is 1. The van der Waals surface area contributed by atoms with Gasteiger partial charge in [0, 0.05) is 24.3 Å². The van der Waals surface area contributed by atoms with Crippen LogP contribution in [0.15, 0.2) is 42.5 Å². The van der Waals surface area contributed by atoms with Crippen molar-refractivity contribution in [1.82, 2.24) is 5.32 Å². The molecule has 0 aliphatic heterocycles. The minimum Gasteiger partial charge on any atom is -0.463 e. The number of ether oxygens (including phenoxy) is 2. The molecule has 6 nitrogen and oxygen atoms in total. The van der Waals surface area contributed by atoms with Gasteiger partial charge in [0.2, 0.25) is 0 Å². The van der Waals surface area contributed by atoms with Crippen molar-refractivity contribution in [2.75, 3.05) is 19.8 Å². The molecule has 0 fully saturated rings. The van der Waals surface area contributed by atoms with E-state index < -0.39 is 11.9 Å². The molecule has 0 aromatic heterocycles. The standard InChI is InChI=1S/C16H19NO5/c1-2-21-14(18)9-10-15(19)22-12-6-11-17-16(20)13-7-4-3-5-8-13/h3-5,7-10H,2,6,11-12H2,1H3,(H,17,20)/b10-9+. The molecule has 6 heteroatoms. The third-order valence-corrected chi connectivity index (χ3v) is 2.53. The summed E-state index contributed by atoms with van der Waals surface area (Å²) in [7, 11) is 0. The zero-order valence-corrected chi connectivity index (χ0v) is 12.4. The highest BCUT2D eigenvalue weighted by atomic mass is 16.5. The Labute approximate surface area is 129 Å². The van der Waals surface area contributed by atoms with Gasteiger partial charge in [-0.2, -0.15) is 0 Å². The SMILES string of the molecule is CCOC(=O)/C=C/C(=O)OCCCNC(=O)c1ccccc1. The average Bonchev–Trinajstić information content (AvgIpc) is 2.53. The van der Waals surface area contributed by atoms with E-state index in [0.717, 1.165) is 12.2 Å². The summed E-state index contributed by atoms with van der Waals surface area (Å²) in [5.41, 5.74) is 0.580. The molecule has 0 saturated heterocycles. The smallest absolute Gasteiger partial charge is 0.331 e. The predicted octanol–water partition coefficient (Wildman–Crippen LogP) is 1.47. The molecule has 118 valence electrons. The van der Waals surface area contributed by atoms with Gasteiger partial charge >= 0.3 is 11.9 Å². The van der Waals surface area contributed by atoms with Gasteiger partial charge in [0.05, 0.1) is 13.2 Å². The fraction of sp³-hybridized carbons (Fsp3) is 0.312. The van der Waals surface area contributed by atoms with Crippen molar-refractivity contribution in [2.24, 2.45) is 0 Å². The van der Waals surface area contributed by atoms with Gasteiger partial charge in [-0.3, -0.25) is 4.79 Å². The van der Waals surface area contributed by atoms with Crippen molar-refractivity contribution in [1.29, 1.82) is 0 Å². The van der Waals surface area contributed by atoms with Crippen LogP contribution in [0.1, 0.15) is 23.7 Å². The zero-order chi connectivity index (χ0) is 16.2. The predicted molar refractivity (Wildman–Crippen MR) is 80.1 cm³/mol. The summed E-state index contributed by atoms with van der Waals surface area (Å²) in [6, 6.07) is 8.84. The summed E-state index contributed by atoms with van der Waals surface area (Å²) >= 11 is 0. The lowest BCUT2D eigenvalue weighted by Crippen LogP contribution is -2.25. The van der Waals surface area contributed by atoms with Crippen molar-refractivity contribution < 1.29 is 23.9 Å². The van der Waals surface area contributed by atoms with Crippen LogP contribution in [0.4, 0.5) is 0 Å². The van der Waals surface area contributed by atoms with E-state index in [1.807, 2.05) is 6.07 Å². The fourth-order valence-corrected chi connectivity index (χ4v) is 1.51. The Balaban J connectivity index is 2.14. The molecule has 0 aliphatic carbocycles. The molecule has 1 amide bonds. The van der Waals surface area contributed by atoms with Crippen LogP contribution >= 0.6 is 0 Å². The summed E-state index contributed by atoms with van der Waals surface area (Å²) in [6.07, 6.45) is 2.51. The molecule has 1 aromatic rings. The summed E-state index contributed by atoms with van der Waals surface area (Å²) in [5.74, 6) is -1.38. The molecule has 1 rings (SSSR count). The molecular weight excluding hydrogens is 286 g/mol. The van der Waals surface area contributed by atoms with E-state index in [1.54, 1.807) is 31.2 Å². The Kier molecular flexibility index (Phi) is 8.04. The number of nitrogens with one attached hydrogen (secondary N) is 1. The van der Waals surface area contributed by atoms with Crippen molar-refractivity contribution in [3.63, 3.8) is 0 Å². The van der Waals surface area contributed by atoms with Crippen LogP contribution in [0, 0.1) is 0 Å². The topological polar surface area (TPSA) is 81.7 Å². The maximum Gasteiger partial charge on any atom is 0.331 e. The minimum absolute atomic E-state index is 0.154. The monoisotopic (exact) mass is 305 g/mol. The first kappa shape index (κ1) is 17.4. The molecule has 0 atom stereocenters. The van der Waals surface area contributed by atoms with E-state index in [2.05, 4.69) is 10.1 Å². The summed E-state index contributed by atoms with van der Waals surface area (Å²) in [5, 5.41) is 2.72. The summed E-state index contributed by atoms with van der Waals surface area (Å²) < 4.78 is 9.50. The maximum absolute atomic E-state index is 11.7. The third-order valence-electron chi connectivity index (χ3n) is 2.53. The Bertz CT molecular complexity index is 525. The maximum atomic E-state index is 11.7. The minimum atomic E-state index is -0.623. The lowest BCUT2D eigenvalue weighted by molar-refractivity contribution is -0.140. The quantitative estimate of drug-likeness (QED) is 0.447. The molecular formula is C16H19NO5. The third kappa shape index (κ3) is 7.23. The highest BCUT2D eigenvalue weighted by molar-refractivity contribution is 5.94. The van der Waals surface area contributed by atoms with E-state index in [9.17, 15) is 14.4 Å². The van der Waals surface area contributed by atoms with Gasteiger partial charge in [0.25, 0.3) is 5.91 Å². The number of esters is 2. The number of rotatable bonds is 8. The molecule has 0 saturated carbocycles. The Morgan fingerprint density at radius 1 is 1.05 bits per heavy atom. The van der Waals surface area contributed by atoms with E-state index in [-0.39, 0.29) is 19.1 Å². The van der Waals surface area contributed by atoms with Gasteiger partial charge < -0.3 is 14.8 Å². The van der Waals surface area contributed by atoms with E-state index in [4.69, 9.17) is 4.74 Å². The van der Waals surface area contributed by atoms with E-state index in [1.165, 1.54) is 0 Å². The van der Waals surface area contributed by atoms with Gasteiger partial charge in [0.15, 0.2) is 0 Å². The number of hydrogen-bond donors (Lipinski definition) is 1. The lowest BCUT2D eigenvalue weighted by Gasteiger charge is -2.05. The van der Waals surface area contributed by atoms with Crippen LogP contribution < -0.4 is 5.32 Å². The lowest BCUT2D eigenvalue weighted by atomic mass is 10.2. The van der Waals surface area contributed by atoms with Gasteiger partial charge in [-0.05, 0) is 25.5 Å². The molecule has 1 N–H and O–H groups in total. The first-order valence-electron chi connectivity index (χ1n) is 6.98. The van der Waals surface area contributed by atoms with Gasteiger partial charge in [-0.1, -0.05) is 18.2 Å². The van der Waals surface area contributed by atoms with Crippen LogP contribution in [-0.2, 0) is 19.1 Å². The second kappa shape index (κ2) is 10.1. The van der Waals surface area contributed by atoms with Crippen molar-refractivity contribution in [2.45, 2.75) is 13.3 Å².